The number of rotatable bonds is 6. The van der Waals surface area contributed by atoms with Crippen molar-refractivity contribution in [2.75, 3.05) is 13.6 Å². The number of halogens is 1. The second-order valence-electron chi connectivity index (χ2n) is 5.85. The number of nitrogens with one attached hydrogen (secondary N) is 2. The highest BCUT2D eigenvalue weighted by molar-refractivity contribution is 7.89. The van der Waals surface area contributed by atoms with E-state index in [1.807, 2.05) is 0 Å². The van der Waals surface area contributed by atoms with E-state index < -0.39 is 28.4 Å². The van der Waals surface area contributed by atoms with Crippen molar-refractivity contribution >= 4 is 39.2 Å². The van der Waals surface area contributed by atoms with Crippen LogP contribution in [0.2, 0.25) is 5.02 Å². The molecule has 0 aliphatic rings. The molecule has 0 aromatic heterocycles. The second-order valence-corrected chi connectivity index (χ2v) is 8.33. The summed E-state index contributed by atoms with van der Waals surface area (Å²) >= 11 is 5.74. The average Bonchev–Trinajstić information content (AvgIpc) is 2.66. The van der Waals surface area contributed by atoms with E-state index in [-0.39, 0.29) is 16.2 Å². The molecule has 0 unspecified atom stereocenters. The fourth-order valence-electron chi connectivity index (χ4n) is 2.17. The third-order valence-corrected chi connectivity index (χ3v) is 5.83. The van der Waals surface area contributed by atoms with E-state index in [9.17, 15) is 22.8 Å². The van der Waals surface area contributed by atoms with Gasteiger partial charge in [-0.2, -0.15) is 4.31 Å². The molecule has 2 amide bonds. The highest BCUT2D eigenvalue weighted by Crippen LogP contribution is 2.15. The van der Waals surface area contributed by atoms with Gasteiger partial charge in [-0.15, -0.1) is 0 Å². The summed E-state index contributed by atoms with van der Waals surface area (Å²) in [6.45, 7) is 0.857. The lowest BCUT2D eigenvalue weighted by atomic mass is 10.2. The van der Waals surface area contributed by atoms with Crippen LogP contribution in [0.5, 0.6) is 0 Å². The first-order valence-corrected chi connectivity index (χ1v) is 9.85. The summed E-state index contributed by atoms with van der Waals surface area (Å²) in [5.74, 6) is -1.49. The number of likely N-dealkylation sites (N-methyl/N-ethyl adjacent to an activating group) is 1. The van der Waals surface area contributed by atoms with Gasteiger partial charge in [0.15, 0.2) is 5.78 Å². The third-order valence-electron chi connectivity index (χ3n) is 3.76. The first-order valence-electron chi connectivity index (χ1n) is 8.03. The van der Waals surface area contributed by atoms with Crippen LogP contribution in [0.15, 0.2) is 53.4 Å². The number of benzene rings is 2. The maximum absolute atomic E-state index is 12.5. The number of hydrogen-bond donors (Lipinski definition) is 2. The van der Waals surface area contributed by atoms with E-state index in [1.165, 1.54) is 62.5 Å². The molecule has 8 nitrogen and oxygen atoms in total. The Morgan fingerprint density at radius 2 is 1.46 bits per heavy atom. The minimum absolute atomic E-state index is 0.0574. The number of nitrogens with zero attached hydrogens (tertiary/aromatic N) is 1. The van der Waals surface area contributed by atoms with Crippen LogP contribution in [-0.4, -0.2) is 43.9 Å². The zero-order valence-corrected chi connectivity index (χ0v) is 16.7. The van der Waals surface area contributed by atoms with Gasteiger partial charge in [-0.1, -0.05) is 23.7 Å². The summed E-state index contributed by atoms with van der Waals surface area (Å²) in [5, 5.41) is 0.462. The van der Waals surface area contributed by atoms with Gasteiger partial charge >= 0.3 is 0 Å². The van der Waals surface area contributed by atoms with Gasteiger partial charge in [0.25, 0.3) is 11.8 Å². The van der Waals surface area contributed by atoms with E-state index in [2.05, 4.69) is 10.9 Å². The number of hydrazine groups is 1. The summed E-state index contributed by atoms with van der Waals surface area (Å²) in [5.41, 5.74) is 5.00. The molecule has 28 heavy (non-hydrogen) atoms. The quantitative estimate of drug-likeness (QED) is 0.541. The van der Waals surface area contributed by atoms with Gasteiger partial charge in [0.2, 0.25) is 10.0 Å². The molecule has 0 saturated carbocycles. The lowest BCUT2D eigenvalue weighted by Crippen LogP contribution is -2.46. The maximum atomic E-state index is 12.5. The largest absolute Gasteiger partial charge is 0.295 e. The molecule has 0 fully saturated rings. The van der Waals surface area contributed by atoms with E-state index in [0.29, 0.717) is 10.6 Å². The second kappa shape index (κ2) is 8.96. The molecule has 10 heteroatoms. The lowest BCUT2D eigenvalue weighted by molar-refractivity contribution is -0.121. The van der Waals surface area contributed by atoms with Gasteiger partial charge in [-0.3, -0.25) is 25.2 Å². The number of sulfonamides is 1. The van der Waals surface area contributed by atoms with Crippen molar-refractivity contribution in [2.45, 2.75) is 11.8 Å². The Labute approximate surface area is 167 Å². The molecule has 2 N–H and O–H groups in total. The van der Waals surface area contributed by atoms with E-state index >= 15 is 0 Å². The van der Waals surface area contributed by atoms with Crippen molar-refractivity contribution in [3.05, 3.63) is 64.7 Å². The Morgan fingerprint density at radius 1 is 0.929 bits per heavy atom. The van der Waals surface area contributed by atoms with E-state index in [1.54, 1.807) is 0 Å². The molecular formula is C18H18ClN3O5S. The number of carbonyl (C=O) groups is 3. The standard InChI is InChI=1S/C18H18ClN3O5S/c1-12(23)13-5-9-16(10-6-13)28(26,27)22(2)11-17(24)20-21-18(25)14-3-7-15(19)8-4-14/h3-10H,11H2,1-2H3,(H,20,24)(H,21,25). The number of carbonyl (C=O) groups excluding carboxylic acids is 3. The Hall–Kier alpha value is -2.75. The highest BCUT2D eigenvalue weighted by atomic mass is 35.5. The molecule has 2 aromatic carbocycles. The fourth-order valence-corrected chi connectivity index (χ4v) is 3.42. The van der Waals surface area contributed by atoms with Crippen molar-refractivity contribution in [3.63, 3.8) is 0 Å². The molecule has 2 aromatic rings. The molecule has 0 radical (unpaired) electrons. The number of ketones is 1. The summed E-state index contributed by atoms with van der Waals surface area (Å²) in [7, 11) is -2.71. The normalized spacial score (nSPS) is 11.1. The molecule has 0 saturated heterocycles. The van der Waals surface area contributed by atoms with Crippen LogP contribution in [0.3, 0.4) is 0 Å². The molecule has 0 atom stereocenters. The summed E-state index contributed by atoms with van der Waals surface area (Å²) < 4.78 is 25.8. The van der Waals surface area contributed by atoms with Gasteiger partial charge in [0, 0.05) is 23.2 Å². The molecule has 0 bridgehead atoms. The zero-order valence-electron chi connectivity index (χ0n) is 15.1. The Balaban J connectivity index is 1.95. The minimum Gasteiger partial charge on any atom is -0.295 e. The van der Waals surface area contributed by atoms with Crippen LogP contribution in [-0.2, 0) is 14.8 Å². The molecular weight excluding hydrogens is 406 g/mol. The Bertz CT molecular complexity index is 989. The van der Waals surface area contributed by atoms with Crippen LogP contribution in [0.25, 0.3) is 0 Å². The number of Topliss-reactive ketones (excluding diaryl/α,β-unsaturated/α-hetero) is 1. The molecule has 0 aliphatic heterocycles. The van der Waals surface area contributed by atoms with Crippen LogP contribution < -0.4 is 10.9 Å². The van der Waals surface area contributed by atoms with Gasteiger partial charge in [-0.25, -0.2) is 8.42 Å². The third kappa shape index (κ3) is 5.38. The van der Waals surface area contributed by atoms with Crippen LogP contribution in [0.1, 0.15) is 27.6 Å². The van der Waals surface area contributed by atoms with Gasteiger partial charge in [0.05, 0.1) is 11.4 Å². The molecule has 0 heterocycles. The monoisotopic (exact) mass is 423 g/mol. The zero-order chi connectivity index (χ0) is 20.9. The van der Waals surface area contributed by atoms with Crippen molar-refractivity contribution in [3.8, 4) is 0 Å². The summed E-state index contributed by atoms with van der Waals surface area (Å²) in [6.07, 6.45) is 0. The van der Waals surface area contributed by atoms with Crippen molar-refractivity contribution in [1.82, 2.24) is 15.2 Å². The lowest BCUT2D eigenvalue weighted by Gasteiger charge is -2.17. The van der Waals surface area contributed by atoms with Crippen LogP contribution in [0, 0.1) is 0 Å². The smallest absolute Gasteiger partial charge is 0.269 e. The topological polar surface area (TPSA) is 113 Å². The summed E-state index contributed by atoms with van der Waals surface area (Å²) in [6, 6.07) is 11.4. The average molecular weight is 424 g/mol. The van der Waals surface area contributed by atoms with E-state index in [0.717, 1.165) is 4.31 Å². The number of amides is 2. The minimum atomic E-state index is -3.94. The van der Waals surface area contributed by atoms with Gasteiger partial charge in [-0.05, 0) is 43.3 Å². The van der Waals surface area contributed by atoms with Gasteiger partial charge in [0.1, 0.15) is 0 Å². The molecule has 0 spiro atoms. The highest BCUT2D eigenvalue weighted by Gasteiger charge is 2.23. The first-order chi connectivity index (χ1) is 13.1. The Kier molecular flexibility index (Phi) is 6.90. The fraction of sp³-hybridized carbons (Fsp3) is 0.167. The predicted octanol–water partition coefficient (Wildman–Crippen LogP) is 1.62. The summed E-state index contributed by atoms with van der Waals surface area (Å²) in [4.78, 5) is 35.1. The molecule has 0 aliphatic carbocycles. The van der Waals surface area contributed by atoms with E-state index in [4.69, 9.17) is 11.6 Å². The number of hydrogen-bond acceptors (Lipinski definition) is 5. The SMILES string of the molecule is CC(=O)c1ccc(S(=O)(=O)N(C)CC(=O)NNC(=O)c2ccc(Cl)cc2)cc1. The van der Waals surface area contributed by atoms with Crippen LogP contribution in [0.4, 0.5) is 0 Å². The Morgan fingerprint density at radius 3 is 2.00 bits per heavy atom. The predicted molar refractivity (Wildman–Crippen MR) is 103 cm³/mol. The van der Waals surface area contributed by atoms with Crippen LogP contribution >= 0.6 is 11.6 Å². The van der Waals surface area contributed by atoms with Crippen molar-refractivity contribution in [2.24, 2.45) is 0 Å². The van der Waals surface area contributed by atoms with Crippen molar-refractivity contribution < 1.29 is 22.8 Å². The molecule has 2 rings (SSSR count). The van der Waals surface area contributed by atoms with Gasteiger partial charge < -0.3 is 0 Å². The first kappa shape index (κ1) is 21.5. The maximum Gasteiger partial charge on any atom is 0.269 e. The molecule has 148 valence electrons. The van der Waals surface area contributed by atoms with Crippen molar-refractivity contribution in [1.29, 1.82) is 0 Å².